The Bertz CT molecular complexity index is 449. The molecule has 1 aromatic rings. The first-order valence-corrected chi connectivity index (χ1v) is 8.42. The largest absolute Gasteiger partial charge is 0.375 e. The molecule has 0 aliphatic carbocycles. The molecular formula is C18H29N3O. The third-order valence-corrected chi connectivity index (χ3v) is 4.49. The fourth-order valence-electron chi connectivity index (χ4n) is 3.04. The lowest BCUT2D eigenvalue weighted by atomic mass is 10.1. The molecule has 1 N–H and O–H groups in total. The SMILES string of the molecule is CN(CCCNC(=O)[C@H]1CCCCCN1C)c1ccccc1. The number of rotatable bonds is 6. The van der Waals surface area contributed by atoms with E-state index in [-0.39, 0.29) is 11.9 Å². The fraction of sp³-hybridized carbons (Fsp3) is 0.611. The molecule has 2 rings (SSSR count). The Labute approximate surface area is 134 Å². The van der Waals surface area contributed by atoms with Crippen LogP contribution < -0.4 is 10.2 Å². The molecule has 1 aliphatic rings. The van der Waals surface area contributed by atoms with E-state index in [0.29, 0.717) is 0 Å². The van der Waals surface area contributed by atoms with Gasteiger partial charge in [0.1, 0.15) is 0 Å². The number of likely N-dealkylation sites (tertiary alicyclic amines) is 1. The second kappa shape index (κ2) is 8.79. The third-order valence-electron chi connectivity index (χ3n) is 4.49. The monoisotopic (exact) mass is 303 g/mol. The van der Waals surface area contributed by atoms with Crippen molar-refractivity contribution in [1.82, 2.24) is 10.2 Å². The van der Waals surface area contributed by atoms with Crippen LogP contribution in [0.25, 0.3) is 0 Å². The summed E-state index contributed by atoms with van der Waals surface area (Å²) in [4.78, 5) is 16.7. The molecule has 0 radical (unpaired) electrons. The minimum atomic E-state index is 0.0642. The van der Waals surface area contributed by atoms with Crippen LogP contribution in [-0.4, -0.2) is 50.6 Å². The third kappa shape index (κ3) is 5.02. The van der Waals surface area contributed by atoms with E-state index < -0.39 is 0 Å². The molecule has 1 amide bonds. The number of hydrogen-bond acceptors (Lipinski definition) is 3. The van der Waals surface area contributed by atoms with E-state index in [1.165, 1.54) is 24.9 Å². The van der Waals surface area contributed by atoms with Crippen molar-refractivity contribution in [2.45, 2.75) is 38.1 Å². The van der Waals surface area contributed by atoms with Gasteiger partial charge in [0.05, 0.1) is 6.04 Å². The lowest BCUT2D eigenvalue weighted by molar-refractivity contribution is -0.126. The first kappa shape index (κ1) is 16.8. The van der Waals surface area contributed by atoms with Crippen molar-refractivity contribution in [2.24, 2.45) is 0 Å². The molecule has 0 bridgehead atoms. The van der Waals surface area contributed by atoms with Crippen LogP contribution in [0.15, 0.2) is 30.3 Å². The van der Waals surface area contributed by atoms with Crippen LogP contribution in [0.5, 0.6) is 0 Å². The highest BCUT2D eigenvalue weighted by atomic mass is 16.2. The van der Waals surface area contributed by atoms with Crippen molar-refractivity contribution < 1.29 is 4.79 Å². The number of amides is 1. The zero-order valence-corrected chi connectivity index (χ0v) is 13.9. The van der Waals surface area contributed by atoms with Crippen LogP contribution in [0.4, 0.5) is 5.69 Å². The van der Waals surface area contributed by atoms with Gasteiger partial charge >= 0.3 is 0 Å². The average molecular weight is 303 g/mol. The Hall–Kier alpha value is -1.55. The number of carbonyl (C=O) groups is 1. The van der Waals surface area contributed by atoms with Crippen LogP contribution in [0.1, 0.15) is 32.1 Å². The number of nitrogens with one attached hydrogen (secondary N) is 1. The molecule has 22 heavy (non-hydrogen) atoms. The smallest absolute Gasteiger partial charge is 0.237 e. The zero-order chi connectivity index (χ0) is 15.8. The number of anilines is 1. The summed E-state index contributed by atoms with van der Waals surface area (Å²) in [7, 11) is 4.16. The predicted octanol–water partition coefficient (Wildman–Crippen LogP) is 2.50. The second-order valence-corrected chi connectivity index (χ2v) is 6.25. The molecule has 4 heteroatoms. The Morgan fingerprint density at radius 3 is 2.82 bits per heavy atom. The van der Waals surface area contributed by atoms with Crippen molar-refractivity contribution in [3.8, 4) is 0 Å². The topological polar surface area (TPSA) is 35.6 Å². The summed E-state index contributed by atoms with van der Waals surface area (Å²) < 4.78 is 0. The summed E-state index contributed by atoms with van der Waals surface area (Å²) in [6.07, 6.45) is 5.58. The number of benzene rings is 1. The van der Waals surface area contributed by atoms with Gasteiger partial charge in [-0.1, -0.05) is 31.0 Å². The van der Waals surface area contributed by atoms with Gasteiger partial charge in [-0.05, 0) is 45.0 Å². The molecule has 1 aliphatic heterocycles. The number of carbonyl (C=O) groups excluding carboxylic acids is 1. The highest BCUT2D eigenvalue weighted by Gasteiger charge is 2.23. The molecule has 1 atom stereocenters. The Morgan fingerprint density at radius 1 is 1.27 bits per heavy atom. The van der Waals surface area contributed by atoms with Crippen LogP contribution in [0.2, 0.25) is 0 Å². The molecule has 1 saturated heterocycles. The van der Waals surface area contributed by atoms with Crippen LogP contribution in [-0.2, 0) is 4.79 Å². The van der Waals surface area contributed by atoms with E-state index >= 15 is 0 Å². The lowest BCUT2D eigenvalue weighted by Crippen LogP contribution is -2.45. The summed E-state index contributed by atoms with van der Waals surface area (Å²) in [5.74, 6) is 0.201. The highest BCUT2D eigenvalue weighted by Crippen LogP contribution is 2.15. The van der Waals surface area contributed by atoms with Gasteiger partial charge in [0, 0.05) is 25.8 Å². The summed E-state index contributed by atoms with van der Waals surface area (Å²) >= 11 is 0. The minimum absolute atomic E-state index is 0.0642. The van der Waals surface area contributed by atoms with E-state index in [0.717, 1.165) is 32.5 Å². The van der Waals surface area contributed by atoms with Gasteiger partial charge in [0.2, 0.25) is 5.91 Å². The molecule has 0 aromatic heterocycles. The normalized spacial score (nSPS) is 19.5. The standard InChI is InChI=1S/C18H29N3O/c1-20(16-10-5-3-6-11-16)15-9-13-19-18(22)17-12-7-4-8-14-21(17)2/h3,5-6,10-11,17H,4,7-9,12-15H2,1-2H3,(H,19,22)/t17-/m1/s1. The van der Waals surface area contributed by atoms with Gasteiger partial charge in [0.15, 0.2) is 0 Å². The number of para-hydroxylation sites is 1. The van der Waals surface area contributed by atoms with Crippen molar-refractivity contribution in [3.05, 3.63) is 30.3 Å². The second-order valence-electron chi connectivity index (χ2n) is 6.25. The maximum absolute atomic E-state index is 12.3. The Morgan fingerprint density at radius 2 is 2.05 bits per heavy atom. The number of likely N-dealkylation sites (N-methyl/N-ethyl adjacent to an activating group) is 1. The van der Waals surface area contributed by atoms with Gasteiger partial charge < -0.3 is 10.2 Å². The maximum atomic E-state index is 12.3. The summed E-state index contributed by atoms with van der Waals surface area (Å²) in [5, 5.41) is 3.11. The molecule has 0 spiro atoms. The van der Waals surface area contributed by atoms with Gasteiger partial charge in [-0.2, -0.15) is 0 Å². The van der Waals surface area contributed by atoms with Crippen LogP contribution in [0, 0.1) is 0 Å². The predicted molar refractivity (Wildman–Crippen MR) is 92.2 cm³/mol. The molecule has 1 heterocycles. The first-order chi connectivity index (χ1) is 10.7. The Balaban J connectivity index is 1.68. The fourth-order valence-corrected chi connectivity index (χ4v) is 3.04. The van der Waals surface area contributed by atoms with Crippen LogP contribution in [0.3, 0.4) is 0 Å². The van der Waals surface area contributed by atoms with E-state index in [1.807, 2.05) is 6.07 Å². The van der Waals surface area contributed by atoms with Gasteiger partial charge in [-0.25, -0.2) is 0 Å². The van der Waals surface area contributed by atoms with E-state index in [9.17, 15) is 4.79 Å². The van der Waals surface area contributed by atoms with E-state index in [2.05, 4.69) is 53.5 Å². The number of hydrogen-bond donors (Lipinski definition) is 1. The lowest BCUT2D eigenvalue weighted by Gasteiger charge is -2.25. The molecule has 0 saturated carbocycles. The first-order valence-electron chi connectivity index (χ1n) is 8.42. The van der Waals surface area contributed by atoms with E-state index in [1.54, 1.807) is 0 Å². The maximum Gasteiger partial charge on any atom is 0.237 e. The molecule has 1 aromatic carbocycles. The van der Waals surface area contributed by atoms with Crippen molar-refractivity contribution in [2.75, 3.05) is 38.6 Å². The average Bonchev–Trinajstić information content (AvgIpc) is 2.76. The van der Waals surface area contributed by atoms with Gasteiger partial charge in [0.25, 0.3) is 0 Å². The van der Waals surface area contributed by atoms with Crippen molar-refractivity contribution >= 4 is 11.6 Å². The highest BCUT2D eigenvalue weighted by molar-refractivity contribution is 5.81. The summed E-state index contributed by atoms with van der Waals surface area (Å²) in [5.41, 5.74) is 1.22. The molecule has 122 valence electrons. The minimum Gasteiger partial charge on any atom is -0.375 e. The van der Waals surface area contributed by atoms with Crippen molar-refractivity contribution in [1.29, 1.82) is 0 Å². The van der Waals surface area contributed by atoms with Gasteiger partial charge in [-0.15, -0.1) is 0 Å². The van der Waals surface area contributed by atoms with Gasteiger partial charge in [-0.3, -0.25) is 9.69 Å². The molecular weight excluding hydrogens is 274 g/mol. The Kier molecular flexibility index (Phi) is 6.72. The zero-order valence-electron chi connectivity index (χ0n) is 13.9. The quantitative estimate of drug-likeness (QED) is 0.820. The number of nitrogens with zero attached hydrogens (tertiary/aromatic N) is 2. The van der Waals surface area contributed by atoms with Crippen molar-refractivity contribution in [3.63, 3.8) is 0 Å². The molecule has 1 fully saturated rings. The molecule has 0 unspecified atom stereocenters. The van der Waals surface area contributed by atoms with E-state index in [4.69, 9.17) is 0 Å². The summed E-state index contributed by atoms with van der Waals surface area (Å²) in [6, 6.07) is 10.4. The summed E-state index contributed by atoms with van der Waals surface area (Å²) in [6.45, 7) is 2.74. The molecule has 4 nitrogen and oxygen atoms in total. The van der Waals surface area contributed by atoms with Crippen LogP contribution >= 0.6 is 0 Å².